The number of carbonyl (C=O) groups excluding carboxylic acids is 1. The Morgan fingerprint density at radius 3 is 2.67 bits per heavy atom. The fraction of sp³-hybridized carbons (Fsp3) is 0.857. The van der Waals surface area contributed by atoms with E-state index in [9.17, 15) is 4.79 Å². The number of methoxy groups -OCH3 is 2. The maximum atomic E-state index is 11.0. The summed E-state index contributed by atoms with van der Waals surface area (Å²) in [5, 5.41) is 0. The summed E-state index contributed by atoms with van der Waals surface area (Å²) >= 11 is 0. The summed E-state index contributed by atoms with van der Waals surface area (Å²) in [7, 11) is 2.84. The van der Waals surface area contributed by atoms with E-state index in [1.54, 1.807) is 0 Å². The van der Waals surface area contributed by atoms with Crippen molar-refractivity contribution in [1.29, 1.82) is 0 Å². The minimum atomic E-state index is -0.681. The van der Waals surface area contributed by atoms with Crippen molar-refractivity contribution in [3.05, 3.63) is 0 Å². The van der Waals surface area contributed by atoms with Gasteiger partial charge in [-0.05, 0) is 0 Å². The van der Waals surface area contributed by atoms with Gasteiger partial charge in [0.05, 0.1) is 25.9 Å². The average molecular weight is 175 g/mol. The van der Waals surface area contributed by atoms with Gasteiger partial charge in [0.1, 0.15) is 0 Å². The maximum Gasteiger partial charge on any atom is 0.336 e. The molecule has 0 amide bonds. The Kier molecular flexibility index (Phi) is 3.02. The molecule has 12 heavy (non-hydrogen) atoms. The van der Waals surface area contributed by atoms with Gasteiger partial charge in [-0.25, -0.2) is 4.79 Å². The molecule has 0 aromatic heterocycles. The summed E-state index contributed by atoms with van der Waals surface area (Å²) in [6, 6.07) is -0.428. The van der Waals surface area contributed by atoms with Crippen LogP contribution in [-0.4, -0.2) is 45.0 Å². The first kappa shape index (κ1) is 9.44. The van der Waals surface area contributed by atoms with Gasteiger partial charge in [0, 0.05) is 7.11 Å². The molecule has 1 fully saturated rings. The average Bonchev–Trinajstić information content (AvgIpc) is 2.45. The molecule has 5 nitrogen and oxygen atoms in total. The number of ether oxygens (including phenoxy) is 3. The SMILES string of the molecule is COC(=O)[C@@H]1OC[C@H](OC)[C@@H]1N. The van der Waals surface area contributed by atoms with Gasteiger partial charge < -0.3 is 19.9 Å². The Hall–Kier alpha value is -0.650. The highest BCUT2D eigenvalue weighted by atomic mass is 16.6. The van der Waals surface area contributed by atoms with Crippen LogP contribution in [0.25, 0.3) is 0 Å². The van der Waals surface area contributed by atoms with E-state index in [-0.39, 0.29) is 6.10 Å². The molecule has 1 saturated heterocycles. The standard InChI is InChI=1S/C7H13NO4/c1-10-4-3-12-6(5(4)8)7(9)11-2/h4-6H,3,8H2,1-2H3/t4-,5-,6+/m0/s1. The van der Waals surface area contributed by atoms with Crippen molar-refractivity contribution in [3.63, 3.8) is 0 Å². The summed E-state index contributed by atoms with van der Waals surface area (Å²) < 4.78 is 14.6. The highest BCUT2D eigenvalue weighted by molar-refractivity contribution is 5.76. The number of hydrogen-bond acceptors (Lipinski definition) is 5. The minimum Gasteiger partial charge on any atom is -0.467 e. The lowest BCUT2D eigenvalue weighted by Crippen LogP contribution is -2.44. The molecule has 5 heteroatoms. The van der Waals surface area contributed by atoms with E-state index in [2.05, 4.69) is 4.74 Å². The second kappa shape index (κ2) is 3.84. The fourth-order valence-corrected chi connectivity index (χ4v) is 1.18. The minimum absolute atomic E-state index is 0.214. The number of carbonyl (C=O) groups is 1. The first-order valence-corrected chi connectivity index (χ1v) is 3.68. The summed E-state index contributed by atoms with van der Waals surface area (Å²) in [6.07, 6.45) is -0.894. The molecule has 2 N–H and O–H groups in total. The van der Waals surface area contributed by atoms with Crippen LogP contribution in [0.3, 0.4) is 0 Å². The van der Waals surface area contributed by atoms with E-state index in [0.717, 1.165) is 0 Å². The molecule has 70 valence electrons. The van der Waals surface area contributed by atoms with Crippen LogP contribution in [0.5, 0.6) is 0 Å². The van der Waals surface area contributed by atoms with Crippen molar-refractivity contribution in [2.45, 2.75) is 18.2 Å². The van der Waals surface area contributed by atoms with Crippen LogP contribution in [0.15, 0.2) is 0 Å². The lowest BCUT2D eigenvalue weighted by Gasteiger charge is -2.14. The third-order valence-electron chi connectivity index (χ3n) is 1.96. The summed E-state index contributed by atoms with van der Waals surface area (Å²) in [4.78, 5) is 11.0. The van der Waals surface area contributed by atoms with Crippen molar-refractivity contribution in [1.82, 2.24) is 0 Å². The number of rotatable bonds is 2. The molecule has 1 heterocycles. The van der Waals surface area contributed by atoms with Crippen molar-refractivity contribution < 1.29 is 19.0 Å². The largest absolute Gasteiger partial charge is 0.467 e. The Morgan fingerprint density at radius 1 is 1.58 bits per heavy atom. The Morgan fingerprint density at radius 2 is 2.25 bits per heavy atom. The van der Waals surface area contributed by atoms with E-state index < -0.39 is 18.1 Å². The molecule has 1 aliphatic heterocycles. The van der Waals surface area contributed by atoms with Gasteiger partial charge in [-0.1, -0.05) is 0 Å². The highest BCUT2D eigenvalue weighted by Gasteiger charge is 2.39. The second-order valence-electron chi connectivity index (χ2n) is 2.63. The van der Waals surface area contributed by atoms with Crippen molar-refractivity contribution >= 4 is 5.97 Å². The van der Waals surface area contributed by atoms with Gasteiger partial charge in [-0.3, -0.25) is 0 Å². The molecule has 0 aromatic rings. The van der Waals surface area contributed by atoms with E-state index in [1.165, 1.54) is 14.2 Å². The van der Waals surface area contributed by atoms with Gasteiger partial charge in [0.25, 0.3) is 0 Å². The van der Waals surface area contributed by atoms with Crippen LogP contribution in [0.1, 0.15) is 0 Å². The highest BCUT2D eigenvalue weighted by Crippen LogP contribution is 2.15. The molecule has 1 aliphatic rings. The van der Waals surface area contributed by atoms with Crippen LogP contribution in [0.2, 0.25) is 0 Å². The maximum absolute atomic E-state index is 11.0. The summed E-state index contributed by atoms with van der Waals surface area (Å²) in [5.41, 5.74) is 5.66. The van der Waals surface area contributed by atoms with Crippen LogP contribution >= 0.6 is 0 Å². The Labute approximate surface area is 70.8 Å². The van der Waals surface area contributed by atoms with E-state index in [1.807, 2.05) is 0 Å². The quantitative estimate of drug-likeness (QED) is 0.539. The molecule has 0 aromatic carbocycles. The Balaban J connectivity index is 2.54. The molecule has 0 radical (unpaired) electrons. The van der Waals surface area contributed by atoms with Gasteiger partial charge in [0.15, 0.2) is 6.10 Å². The molecule has 0 spiro atoms. The smallest absolute Gasteiger partial charge is 0.336 e. The molecular weight excluding hydrogens is 162 g/mol. The first-order valence-electron chi connectivity index (χ1n) is 3.68. The molecule has 0 bridgehead atoms. The zero-order valence-electron chi connectivity index (χ0n) is 7.15. The number of nitrogens with two attached hydrogens (primary N) is 1. The van der Waals surface area contributed by atoms with Crippen LogP contribution in [0.4, 0.5) is 0 Å². The predicted octanol–water partition coefficient (Wildman–Crippen LogP) is -1.10. The number of hydrogen-bond donors (Lipinski definition) is 1. The molecule has 3 atom stereocenters. The number of esters is 1. The zero-order chi connectivity index (χ0) is 9.14. The van der Waals surface area contributed by atoms with Gasteiger partial charge in [-0.15, -0.1) is 0 Å². The van der Waals surface area contributed by atoms with Crippen molar-refractivity contribution in [3.8, 4) is 0 Å². The van der Waals surface area contributed by atoms with Crippen molar-refractivity contribution in [2.75, 3.05) is 20.8 Å². The third kappa shape index (κ3) is 1.57. The van der Waals surface area contributed by atoms with Gasteiger partial charge in [0.2, 0.25) is 0 Å². The molecule has 0 unspecified atom stereocenters. The summed E-state index contributed by atoms with van der Waals surface area (Å²) in [5.74, 6) is -0.443. The van der Waals surface area contributed by atoms with E-state index in [4.69, 9.17) is 15.2 Å². The molecular formula is C7H13NO4. The topological polar surface area (TPSA) is 70.8 Å². The lowest BCUT2D eigenvalue weighted by molar-refractivity contribution is -0.151. The second-order valence-corrected chi connectivity index (χ2v) is 2.63. The van der Waals surface area contributed by atoms with Crippen molar-refractivity contribution in [2.24, 2.45) is 5.73 Å². The zero-order valence-corrected chi connectivity index (χ0v) is 7.15. The third-order valence-corrected chi connectivity index (χ3v) is 1.96. The fourth-order valence-electron chi connectivity index (χ4n) is 1.18. The molecule has 0 saturated carbocycles. The first-order chi connectivity index (χ1) is 5.70. The molecule has 0 aliphatic carbocycles. The van der Waals surface area contributed by atoms with E-state index >= 15 is 0 Å². The normalized spacial score (nSPS) is 35.1. The Bertz CT molecular complexity index is 173. The summed E-state index contributed by atoms with van der Waals surface area (Å²) in [6.45, 7) is 0.345. The van der Waals surface area contributed by atoms with Gasteiger partial charge in [-0.2, -0.15) is 0 Å². The predicted molar refractivity (Wildman–Crippen MR) is 40.5 cm³/mol. The van der Waals surface area contributed by atoms with Crippen LogP contribution in [-0.2, 0) is 19.0 Å². The molecule has 1 rings (SSSR count). The van der Waals surface area contributed by atoms with Gasteiger partial charge >= 0.3 is 5.97 Å². The van der Waals surface area contributed by atoms with Crippen LogP contribution in [0, 0.1) is 0 Å². The van der Waals surface area contributed by atoms with E-state index in [0.29, 0.717) is 6.61 Å². The monoisotopic (exact) mass is 175 g/mol. The lowest BCUT2D eigenvalue weighted by atomic mass is 10.1. The van der Waals surface area contributed by atoms with Crippen LogP contribution < -0.4 is 5.73 Å².